The summed E-state index contributed by atoms with van der Waals surface area (Å²) in [6.07, 6.45) is 2.44. The number of nitrogens with zero attached hydrogens (tertiary/aromatic N) is 1. The molecule has 0 bridgehead atoms. The third-order valence-corrected chi connectivity index (χ3v) is 4.08. The fraction of sp³-hybridized carbons (Fsp3) is 0.524. The molecule has 2 rings (SSSR count). The van der Waals surface area contributed by atoms with Gasteiger partial charge in [0.15, 0.2) is 13.0 Å². The second-order valence-corrected chi connectivity index (χ2v) is 6.22. The van der Waals surface area contributed by atoms with E-state index in [1.165, 1.54) is 0 Å². The van der Waals surface area contributed by atoms with Crippen LogP contribution in [0.1, 0.15) is 10.4 Å². The first-order valence-electron chi connectivity index (χ1n) is 9.75. The van der Waals surface area contributed by atoms with Crippen molar-refractivity contribution >= 4 is 23.2 Å². The van der Waals surface area contributed by atoms with Gasteiger partial charge in [-0.25, -0.2) is 4.79 Å². The molecule has 9 nitrogen and oxygen atoms in total. The van der Waals surface area contributed by atoms with Crippen LogP contribution in [0.2, 0.25) is 0 Å². The van der Waals surface area contributed by atoms with Crippen LogP contribution in [0.25, 0.3) is 10.9 Å². The molecule has 1 heterocycles. The molecular formula is C21H29NO8. The summed E-state index contributed by atoms with van der Waals surface area (Å²) in [6.45, 7) is 3.51. The highest BCUT2D eigenvalue weighted by Gasteiger charge is 2.09. The molecule has 0 aliphatic rings. The third-order valence-electron chi connectivity index (χ3n) is 4.08. The van der Waals surface area contributed by atoms with E-state index in [-0.39, 0.29) is 19.9 Å². The Kier molecular flexibility index (Phi) is 11.7. The molecule has 0 radical (unpaired) electrons. The van der Waals surface area contributed by atoms with E-state index in [1.807, 2.05) is 24.3 Å². The summed E-state index contributed by atoms with van der Waals surface area (Å²) < 4.78 is 33.0. The van der Waals surface area contributed by atoms with Crippen molar-refractivity contribution < 1.29 is 38.0 Å². The predicted molar refractivity (Wildman–Crippen MR) is 109 cm³/mol. The van der Waals surface area contributed by atoms with Crippen molar-refractivity contribution in [2.24, 2.45) is 0 Å². The van der Waals surface area contributed by atoms with Crippen LogP contribution in [0, 0.1) is 0 Å². The van der Waals surface area contributed by atoms with Gasteiger partial charge >= 0.3 is 5.97 Å². The first kappa shape index (κ1) is 24.0. The summed E-state index contributed by atoms with van der Waals surface area (Å²) in [5, 5.41) is 0.819. The highest BCUT2D eigenvalue weighted by atomic mass is 16.6. The minimum absolute atomic E-state index is 0.0135. The first-order valence-corrected chi connectivity index (χ1v) is 9.75. The van der Waals surface area contributed by atoms with Crippen molar-refractivity contribution in [1.82, 2.24) is 4.57 Å². The maximum absolute atomic E-state index is 11.8. The molecule has 9 heteroatoms. The Balaban J connectivity index is 1.48. The fourth-order valence-electron chi connectivity index (χ4n) is 2.62. The van der Waals surface area contributed by atoms with Crippen LogP contribution in [-0.2, 0) is 39.9 Å². The normalized spacial score (nSPS) is 11.1. The van der Waals surface area contributed by atoms with Gasteiger partial charge in [0.2, 0.25) is 0 Å². The Bertz CT molecular complexity index is 761. The Morgan fingerprint density at radius 1 is 0.900 bits per heavy atom. The van der Waals surface area contributed by atoms with E-state index in [0.29, 0.717) is 51.8 Å². The van der Waals surface area contributed by atoms with Gasteiger partial charge in [-0.15, -0.1) is 0 Å². The highest BCUT2D eigenvalue weighted by molar-refractivity contribution is 5.97. The van der Waals surface area contributed by atoms with Gasteiger partial charge < -0.3 is 33.0 Å². The molecule has 0 saturated carbocycles. The van der Waals surface area contributed by atoms with E-state index < -0.39 is 5.97 Å². The van der Waals surface area contributed by atoms with E-state index in [0.717, 1.165) is 17.2 Å². The fourth-order valence-corrected chi connectivity index (χ4v) is 2.62. The SMILES string of the molecule is COCCOCCOCCOCCOCC(=O)OCn1cc(C=O)c2ccccc21. The molecule has 0 amide bonds. The number of fused-ring (bicyclic) bond motifs is 1. The molecule has 0 unspecified atom stereocenters. The molecule has 0 atom stereocenters. The van der Waals surface area contributed by atoms with Crippen molar-refractivity contribution in [3.63, 3.8) is 0 Å². The summed E-state index contributed by atoms with van der Waals surface area (Å²) in [6, 6.07) is 7.43. The average Bonchev–Trinajstić information content (AvgIpc) is 3.13. The van der Waals surface area contributed by atoms with Crippen LogP contribution in [0.3, 0.4) is 0 Å². The van der Waals surface area contributed by atoms with E-state index in [1.54, 1.807) is 17.9 Å². The number of esters is 1. The van der Waals surface area contributed by atoms with Crippen LogP contribution < -0.4 is 0 Å². The lowest BCUT2D eigenvalue weighted by atomic mass is 10.2. The van der Waals surface area contributed by atoms with Gasteiger partial charge in [-0.3, -0.25) is 4.79 Å². The number of ether oxygens (including phenoxy) is 6. The molecule has 166 valence electrons. The number of aldehydes is 1. The van der Waals surface area contributed by atoms with Crippen LogP contribution in [-0.4, -0.2) is 83.4 Å². The lowest BCUT2D eigenvalue weighted by molar-refractivity contribution is -0.153. The minimum Gasteiger partial charge on any atom is -0.442 e. The van der Waals surface area contributed by atoms with Crippen LogP contribution >= 0.6 is 0 Å². The predicted octanol–water partition coefficient (Wildman–Crippen LogP) is 1.67. The first-order chi connectivity index (χ1) is 14.8. The van der Waals surface area contributed by atoms with Crippen LogP contribution in [0.5, 0.6) is 0 Å². The molecule has 1 aromatic carbocycles. The van der Waals surface area contributed by atoms with Gasteiger partial charge in [0, 0.05) is 24.3 Å². The minimum atomic E-state index is -0.489. The summed E-state index contributed by atoms with van der Waals surface area (Å²) >= 11 is 0. The maximum atomic E-state index is 11.8. The van der Waals surface area contributed by atoms with Crippen molar-refractivity contribution in [1.29, 1.82) is 0 Å². The number of benzene rings is 1. The number of carbonyl (C=O) groups excluding carboxylic acids is 2. The Morgan fingerprint density at radius 2 is 1.50 bits per heavy atom. The van der Waals surface area contributed by atoms with E-state index in [4.69, 9.17) is 28.4 Å². The second-order valence-electron chi connectivity index (χ2n) is 6.22. The molecule has 2 aromatic rings. The van der Waals surface area contributed by atoms with E-state index in [2.05, 4.69) is 0 Å². The summed E-state index contributed by atoms with van der Waals surface area (Å²) in [5.41, 5.74) is 1.38. The molecule has 0 fully saturated rings. The number of carbonyl (C=O) groups is 2. The summed E-state index contributed by atoms with van der Waals surface area (Å²) in [4.78, 5) is 23.0. The number of aromatic nitrogens is 1. The molecular weight excluding hydrogens is 394 g/mol. The summed E-state index contributed by atoms with van der Waals surface area (Å²) in [5.74, 6) is -0.489. The second kappa shape index (κ2) is 14.6. The van der Waals surface area contributed by atoms with Crippen molar-refractivity contribution in [3.05, 3.63) is 36.0 Å². The monoisotopic (exact) mass is 423 g/mol. The zero-order valence-electron chi connectivity index (χ0n) is 17.2. The molecule has 0 N–H and O–H groups in total. The van der Waals surface area contributed by atoms with Gasteiger partial charge in [0.1, 0.15) is 6.61 Å². The largest absolute Gasteiger partial charge is 0.442 e. The van der Waals surface area contributed by atoms with Gasteiger partial charge in [-0.1, -0.05) is 18.2 Å². The van der Waals surface area contributed by atoms with Crippen LogP contribution in [0.4, 0.5) is 0 Å². The molecule has 0 spiro atoms. The topological polar surface area (TPSA) is 94.4 Å². The number of para-hydroxylation sites is 1. The number of rotatable bonds is 17. The van der Waals surface area contributed by atoms with Crippen molar-refractivity contribution in [3.8, 4) is 0 Å². The standard InChI is InChI=1S/C21H29NO8/c1-25-6-7-26-8-9-27-10-11-28-12-13-29-16-21(24)30-17-22-14-18(15-23)19-4-2-3-5-20(19)22/h2-5,14-15H,6-13,16-17H2,1H3. The maximum Gasteiger partial charge on any atom is 0.333 e. The highest BCUT2D eigenvalue weighted by Crippen LogP contribution is 2.19. The van der Waals surface area contributed by atoms with E-state index >= 15 is 0 Å². The van der Waals surface area contributed by atoms with Gasteiger partial charge in [0.25, 0.3) is 0 Å². The molecule has 30 heavy (non-hydrogen) atoms. The molecule has 1 aromatic heterocycles. The smallest absolute Gasteiger partial charge is 0.333 e. The van der Waals surface area contributed by atoms with Crippen molar-refractivity contribution in [2.75, 3.05) is 66.6 Å². The number of methoxy groups -OCH3 is 1. The van der Waals surface area contributed by atoms with E-state index in [9.17, 15) is 9.59 Å². The van der Waals surface area contributed by atoms with Gasteiger partial charge in [-0.05, 0) is 6.07 Å². The summed E-state index contributed by atoms with van der Waals surface area (Å²) in [7, 11) is 1.63. The quantitative estimate of drug-likeness (QED) is 0.215. The third kappa shape index (κ3) is 8.60. The molecule has 0 saturated heterocycles. The molecule has 0 aliphatic heterocycles. The Morgan fingerprint density at radius 3 is 2.13 bits per heavy atom. The number of hydrogen-bond donors (Lipinski definition) is 0. The van der Waals surface area contributed by atoms with Gasteiger partial charge in [-0.2, -0.15) is 0 Å². The Labute approximate surface area is 175 Å². The lowest BCUT2D eigenvalue weighted by Crippen LogP contribution is -2.17. The van der Waals surface area contributed by atoms with Crippen LogP contribution in [0.15, 0.2) is 30.5 Å². The average molecular weight is 423 g/mol. The van der Waals surface area contributed by atoms with Gasteiger partial charge in [0.05, 0.1) is 58.4 Å². The number of hydrogen-bond acceptors (Lipinski definition) is 8. The zero-order chi connectivity index (χ0) is 21.4. The van der Waals surface area contributed by atoms with Crippen molar-refractivity contribution in [2.45, 2.75) is 6.73 Å². The Hall–Kier alpha value is -2.30. The molecule has 0 aliphatic carbocycles. The lowest BCUT2D eigenvalue weighted by Gasteiger charge is -2.09. The zero-order valence-corrected chi connectivity index (χ0v) is 17.2.